The first-order chi connectivity index (χ1) is 15.9. The predicted octanol–water partition coefficient (Wildman–Crippen LogP) is 9.34. The summed E-state index contributed by atoms with van der Waals surface area (Å²) in [6, 6.07) is 8.60. The van der Waals surface area contributed by atoms with Crippen molar-refractivity contribution in [2.75, 3.05) is 13.1 Å². The van der Waals surface area contributed by atoms with Crippen molar-refractivity contribution < 1.29 is 0 Å². The second kappa shape index (κ2) is 19.2. The van der Waals surface area contributed by atoms with Gasteiger partial charge in [-0.3, -0.25) is 0 Å². The van der Waals surface area contributed by atoms with Crippen molar-refractivity contribution in [1.82, 2.24) is 10.3 Å². The van der Waals surface area contributed by atoms with Crippen LogP contribution in [0.25, 0.3) is 10.9 Å². The maximum absolute atomic E-state index is 3.63. The molecule has 2 nitrogen and oxygen atoms in total. The van der Waals surface area contributed by atoms with Gasteiger partial charge in [-0.15, -0.1) is 0 Å². The molecular weight excluding hydrogens is 388 g/mol. The van der Waals surface area contributed by atoms with Gasteiger partial charge in [0.2, 0.25) is 0 Å². The third-order valence-electron chi connectivity index (χ3n) is 6.95. The topological polar surface area (TPSA) is 27.8 Å². The third kappa shape index (κ3) is 12.7. The first kappa shape index (κ1) is 27.0. The normalized spacial score (nSPS) is 11.5. The van der Waals surface area contributed by atoms with E-state index in [4.69, 9.17) is 0 Å². The minimum absolute atomic E-state index is 1.08. The summed E-state index contributed by atoms with van der Waals surface area (Å²) in [5.74, 6) is 0. The molecule has 0 amide bonds. The zero-order valence-corrected chi connectivity index (χ0v) is 21.2. The van der Waals surface area contributed by atoms with Gasteiger partial charge in [0.25, 0.3) is 0 Å². The van der Waals surface area contributed by atoms with Crippen LogP contribution < -0.4 is 5.32 Å². The lowest BCUT2D eigenvalue weighted by molar-refractivity contribution is 0.522. The van der Waals surface area contributed by atoms with Crippen LogP contribution in [0.15, 0.2) is 30.5 Å². The Labute approximate surface area is 199 Å². The molecule has 0 unspecified atom stereocenters. The van der Waals surface area contributed by atoms with Gasteiger partial charge >= 0.3 is 0 Å². The Balaban J connectivity index is 1.25. The van der Waals surface area contributed by atoms with E-state index in [0.29, 0.717) is 0 Å². The number of aromatic amines is 1. The number of hydrogen-bond acceptors (Lipinski definition) is 1. The first-order valence-corrected chi connectivity index (χ1v) is 14.2. The van der Waals surface area contributed by atoms with E-state index in [0.717, 1.165) is 13.0 Å². The Kier molecular flexibility index (Phi) is 16.2. The van der Waals surface area contributed by atoms with Crippen LogP contribution in [-0.2, 0) is 6.42 Å². The van der Waals surface area contributed by atoms with E-state index in [1.165, 1.54) is 139 Å². The van der Waals surface area contributed by atoms with Gasteiger partial charge in [-0.05, 0) is 37.6 Å². The van der Waals surface area contributed by atoms with Crippen LogP contribution in [-0.4, -0.2) is 18.1 Å². The lowest BCUT2D eigenvalue weighted by Gasteiger charge is -2.05. The van der Waals surface area contributed by atoms with Crippen LogP contribution in [0.2, 0.25) is 0 Å². The highest BCUT2D eigenvalue weighted by molar-refractivity contribution is 5.83. The second-order valence-electron chi connectivity index (χ2n) is 9.87. The number of fused-ring (bicyclic) bond motifs is 1. The summed E-state index contributed by atoms with van der Waals surface area (Å²) in [6.07, 6.45) is 29.3. The quantitative estimate of drug-likeness (QED) is 0.175. The molecule has 0 aliphatic carbocycles. The van der Waals surface area contributed by atoms with Gasteiger partial charge in [-0.25, -0.2) is 0 Å². The van der Waals surface area contributed by atoms with E-state index in [2.05, 4.69) is 47.7 Å². The summed E-state index contributed by atoms with van der Waals surface area (Å²) < 4.78 is 0. The predicted molar refractivity (Wildman–Crippen MR) is 144 cm³/mol. The molecule has 182 valence electrons. The van der Waals surface area contributed by atoms with Crippen LogP contribution in [0.4, 0.5) is 0 Å². The Bertz CT molecular complexity index is 660. The SMILES string of the molecule is CCCCCCCCCCCCCCCCCCCCNCCc1c[nH]c2ccccc12. The number of benzene rings is 1. The molecule has 32 heavy (non-hydrogen) atoms. The fourth-order valence-corrected chi connectivity index (χ4v) is 4.84. The van der Waals surface area contributed by atoms with Crippen LogP contribution in [0.1, 0.15) is 128 Å². The standard InChI is InChI=1S/C30H52N2/c1-2-3-4-5-6-7-8-9-10-11-12-13-14-15-16-17-18-21-25-31-26-24-28-27-32-30-23-20-19-22-29(28)30/h19-20,22-23,27,31-32H,2-18,21,24-26H2,1H3. The zero-order chi connectivity index (χ0) is 22.5. The lowest BCUT2D eigenvalue weighted by Crippen LogP contribution is -2.18. The molecule has 2 N–H and O–H groups in total. The third-order valence-corrected chi connectivity index (χ3v) is 6.95. The van der Waals surface area contributed by atoms with Crippen molar-refractivity contribution in [3.8, 4) is 0 Å². The molecule has 0 aliphatic heterocycles. The van der Waals surface area contributed by atoms with Crippen LogP contribution in [0, 0.1) is 0 Å². The monoisotopic (exact) mass is 440 g/mol. The van der Waals surface area contributed by atoms with Crippen molar-refractivity contribution in [3.63, 3.8) is 0 Å². The van der Waals surface area contributed by atoms with E-state index in [1.54, 1.807) is 0 Å². The van der Waals surface area contributed by atoms with Gasteiger partial charge in [0, 0.05) is 17.1 Å². The number of rotatable bonds is 22. The van der Waals surface area contributed by atoms with E-state index in [9.17, 15) is 0 Å². The average Bonchev–Trinajstić information content (AvgIpc) is 3.23. The van der Waals surface area contributed by atoms with Gasteiger partial charge in [0.1, 0.15) is 0 Å². The Morgan fingerprint density at radius 2 is 1.09 bits per heavy atom. The molecule has 1 aromatic carbocycles. The molecule has 0 atom stereocenters. The highest BCUT2D eigenvalue weighted by Gasteiger charge is 2.02. The van der Waals surface area contributed by atoms with Gasteiger partial charge in [-0.2, -0.15) is 0 Å². The van der Waals surface area contributed by atoms with Crippen molar-refractivity contribution >= 4 is 10.9 Å². The van der Waals surface area contributed by atoms with Crippen LogP contribution in [0.3, 0.4) is 0 Å². The molecule has 0 saturated heterocycles. The van der Waals surface area contributed by atoms with E-state index < -0.39 is 0 Å². The highest BCUT2D eigenvalue weighted by Crippen LogP contribution is 2.18. The highest BCUT2D eigenvalue weighted by atomic mass is 14.8. The van der Waals surface area contributed by atoms with E-state index in [-0.39, 0.29) is 0 Å². The minimum atomic E-state index is 1.08. The number of aromatic nitrogens is 1. The van der Waals surface area contributed by atoms with Crippen molar-refractivity contribution in [3.05, 3.63) is 36.0 Å². The largest absolute Gasteiger partial charge is 0.361 e. The number of nitrogens with one attached hydrogen (secondary N) is 2. The minimum Gasteiger partial charge on any atom is -0.361 e. The van der Waals surface area contributed by atoms with Crippen LogP contribution >= 0.6 is 0 Å². The van der Waals surface area contributed by atoms with Gasteiger partial charge in [0.15, 0.2) is 0 Å². The number of unbranched alkanes of at least 4 members (excludes halogenated alkanes) is 17. The Hall–Kier alpha value is -1.28. The maximum Gasteiger partial charge on any atom is 0.0456 e. The summed E-state index contributed by atoms with van der Waals surface area (Å²) in [5, 5.41) is 5.01. The zero-order valence-electron chi connectivity index (χ0n) is 21.2. The molecule has 0 aliphatic rings. The summed E-state index contributed by atoms with van der Waals surface area (Å²) in [4.78, 5) is 3.37. The molecule has 0 bridgehead atoms. The summed E-state index contributed by atoms with van der Waals surface area (Å²) in [6.45, 7) is 4.55. The van der Waals surface area contributed by atoms with Gasteiger partial charge in [-0.1, -0.05) is 134 Å². The molecule has 0 saturated carbocycles. The number of para-hydroxylation sites is 1. The van der Waals surface area contributed by atoms with E-state index in [1.807, 2.05) is 0 Å². The summed E-state index contributed by atoms with van der Waals surface area (Å²) >= 11 is 0. The first-order valence-electron chi connectivity index (χ1n) is 14.2. The van der Waals surface area contributed by atoms with Crippen molar-refractivity contribution in [2.45, 2.75) is 129 Å². The Morgan fingerprint density at radius 1 is 0.594 bits per heavy atom. The fourth-order valence-electron chi connectivity index (χ4n) is 4.84. The molecular formula is C30H52N2. The number of H-pyrrole nitrogens is 1. The molecule has 0 radical (unpaired) electrons. The second-order valence-corrected chi connectivity index (χ2v) is 9.87. The fraction of sp³-hybridized carbons (Fsp3) is 0.733. The maximum atomic E-state index is 3.63. The smallest absolute Gasteiger partial charge is 0.0456 e. The molecule has 2 rings (SSSR count). The summed E-state index contributed by atoms with van der Waals surface area (Å²) in [5.41, 5.74) is 2.69. The van der Waals surface area contributed by atoms with E-state index >= 15 is 0 Å². The van der Waals surface area contributed by atoms with Crippen molar-refractivity contribution in [2.24, 2.45) is 0 Å². The Morgan fingerprint density at radius 3 is 1.66 bits per heavy atom. The molecule has 2 aromatic rings. The summed E-state index contributed by atoms with van der Waals surface area (Å²) in [7, 11) is 0. The number of hydrogen-bond donors (Lipinski definition) is 2. The van der Waals surface area contributed by atoms with Crippen LogP contribution in [0.5, 0.6) is 0 Å². The lowest BCUT2D eigenvalue weighted by atomic mass is 10.0. The van der Waals surface area contributed by atoms with Crippen molar-refractivity contribution in [1.29, 1.82) is 0 Å². The molecule has 1 aromatic heterocycles. The average molecular weight is 441 g/mol. The molecule has 1 heterocycles. The molecule has 2 heteroatoms. The molecule has 0 fully saturated rings. The molecule has 0 spiro atoms. The van der Waals surface area contributed by atoms with Gasteiger partial charge in [0.05, 0.1) is 0 Å². The van der Waals surface area contributed by atoms with Gasteiger partial charge < -0.3 is 10.3 Å².